The number of ether oxygens (including phenoxy) is 1. The number of Topliss-reactive ketones (excluding diaryl/α,β-unsaturated/α-hetero) is 1. The second-order valence-corrected chi connectivity index (χ2v) is 7.02. The van der Waals surface area contributed by atoms with E-state index in [2.05, 4.69) is 5.32 Å². The molecule has 0 saturated heterocycles. The Kier molecular flexibility index (Phi) is 5.75. The number of anilines is 1. The molecule has 140 valence electrons. The van der Waals surface area contributed by atoms with Crippen molar-refractivity contribution in [3.05, 3.63) is 63.7 Å². The first-order valence-electron chi connectivity index (χ1n) is 8.37. The molecule has 0 amide bonds. The molecule has 0 aliphatic heterocycles. The van der Waals surface area contributed by atoms with Crippen molar-refractivity contribution < 1.29 is 19.2 Å². The third kappa shape index (κ3) is 4.85. The highest BCUT2D eigenvalue weighted by Gasteiger charge is 2.26. The number of nitrogens with one attached hydrogen (secondary N) is 1. The lowest BCUT2D eigenvalue weighted by Crippen LogP contribution is -2.14. The van der Waals surface area contributed by atoms with Crippen LogP contribution in [0, 0.1) is 10.1 Å². The van der Waals surface area contributed by atoms with Crippen LogP contribution in [-0.4, -0.2) is 35.6 Å². The van der Waals surface area contributed by atoms with Gasteiger partial charge in [0.05, 0.1) is 10.5 Å². The summed E-state index contributed by atoms with van der Waals surface area (Å²) in [6.45, 7) is -0.423. The SMILES string of the molecule is CSc1ccc(C(=O)COC(=O)c2ccc(NC3CC3)c([N+](=O)[O-])c2)cc1. The van der Waals surface area contributed by atoms with Gasteiger partial charge in [-0.05, 0) is 43.4 Å². The van der Waals surface area contributed by atoms with Crippen LogP contribution in [0.3, 0.4) is 0 Å². The molecule has 0 heterocycles. The molecule has 27 heavy (non-hydrogen) atoms. The van der Waals surface area contributed by atoms with Crippen LogP contribution < -0.4 is 5.32 Å². The van der Waals surface area contributed by atoms with Crippen molar-refractivity contribution in [1.29, 1.82) is 0 Å². The number of carbonyl (C=O) groups is 2. The first-order valence-corrected chi connectivity index (χ1v) is 9.60. The van der Waals surface area contributed by atoms with Gasteiger partial charge in [0.25, 0.3) is 5.69 Å². The van der Waals surface area contributed by atoms with Gasteiger partial charge in [-0.25, -0.2) is 4.79 Å². The van der Waals surface area contributed by atoms with Gasteiger partial charge in [0.1, 0.15) is 5.69 Å². The maximum absolute atomic E-state index is 12.2. The summed E-state index contributed by atoms with van der Waals surface area (Å²) in [5, 5.41) is 14.3. The van der Waals surface area contributed by atoms with Crippen molar-refractivity contribution in [2.45, 2.75) is 23.8 Å². The van der Waals surface area contributed by atoms with E-state index < -0.39 is 17.5 Å². The van der Waals surface area contributed by atoms with E-state index in [0.29, 0.717) is 11.3 Å². The molecular formula is C19H18N2O5S. The number of nitrogens with zero attached hydrogens (tertiary/aromatic N) is 1. The van der Waals surface area contributed by atoms with Crippen molar-refractivity contribution in [1.82, 2.24) is 0 Å². The summed E-state index contributed by atoms with van der Waals surface area (Å²) in [4.78, 5) is 36.1. The molecule has 8 heteroatoms. The van der Waals surface area contributed by atoms with Crippen LogP contribution in [0.25, 0.3) is 0 Å². The summed E-state index contributed by atoms with van der Waals surface area (Å²) >= 11 is 1.56. The fourth-order valence-corrected chi connectivity index (χ4v) is 2.86. The molecule has 1 aliphatic carbocycles. The lowest BCUT2D eigenvalue weighted by Gasteiger charge is -2.08. The topological polar surface area (TPSA) is 98.5 Å². The molecule has 0 unspecified atom stereocenters. The first kappa shape index (κ1) is 18.9. The molecule has 3 rings (SSSR count). The van der Waals surface area contributed by atoms with Crippen LogP contribution in [0.2, 0.25) is 0 Å². The van der Waals surface area contributed by atoms with E-state index in [1.54, 1.807) is 23.9 Å². The van der Waals surface area contributed by atoms with E-state index in [1.807, 2.05) is 18.4 Å². The summed E-state index contributed by atoms with van der Waals surface area (Å²) < 4.78 is 5.03. The minimum Gasteiger partial charge on any atom is -0.454 e. The summed E-state index contributed by atoms with van der Waals surface area (Å²) in [5.74, 6) is -1.11. The quantitative estimate of drug-likeness (QED) is 0.241. The molecule has 1 saturated carbocycles. The van der Waals surface area contributed by atoms with Gasteiger partial charge in [-0.1, -0.05) is 12.1 Å². The number of ketones is 1. The van der Waals surface area contributed by atoms with E-state index in [4.69, 9.17) is 4.74 Å². The highest BCUT2D eigenvalue weighted by Crippen LogP contribution is 2.31. The molecule has 7 nitrogen and oxygen atoms in total. The van der Waals surface area contributed by atoms with Crippen molar-refractivity contribution in [3.63, 3.8) is 0 Å². The predicted octanol–water partition coefficient (Wildman–Crippen LogP) is 3.93. The lowest BCUT2D eigenvalue weighted by molar-refractivity contribution is -0.384. The highest BCUT2D eigenvalue weighted by molar-refractivity contribution is 7.98. The van der Waals surface area contributed by atoms with E-state index in [0.717, 1.165) is 17.7 Å². The van der Waals surface area contributed by atoms with Gasteiger partial charge < -0.3 is 10.1 Å². The summed E-state index contributed by atoms with van der Waals surface area (Å²) in [6.07, 6.45) is 3.88. The van der Waals surface area contributed by atoms with E-state index in [-0.39, 0.29) is 23.1 Å². The van der Waals surface area contributed by atoms with Crippen molar-refractivity contribution in [2.75, 3.05) is 18.2 Å². The van der Waals surface area contributed by atoms with E-state index >= 15 is 0 Å². The number of esters is 1. The normalized spacial score (nSPS) is 13.1. The van der Waals surface area contributed by atoms with Gasteiger partial charge in [0.2, 0.25) is 0 Å². The van der Waals surface area contributed by atoms with Gasteiger partial charge in [0.15, 0.2) is 12.4 Å². The molecule has 1 fully saturated rings. The highest BCUT2D eigenvalue weighted by atomic mass is 32.2. The maximum atomic E-state index is 12.2. The minimum atomic E-state index is -0.773. The minimum absolute atomic E-state index is 0.0357. The summed E-state index contributed by atoms with van der Waals surface area (Å²) in [5.41, 5.74) is 0.670. The fraction of sp³-hybridized carbons (Fsp3) is 0.263. The number of thioether (sulfide) groups is 1. The number of carbonyl (C=O) groups excluding carboxylic acids is 2. The van der Waals surface area contributed by atoms with Crippen molar-refractivity contribution >= 4 is 34.9 Å². The zero-order valence-corrected chi connectivity index (χ0v) is 15.5. The van der Waals surface area contributed by atoms with Crippen molar-refractivity contribution in [2.24, 2.45) is 0 Å². The monoisotopic (exact) mass is 386 g/mol. The molecule has 0 atom stereocenters. The smallest absolute Gasteiger partial charge is 0.338 e. The van der Waals surface area contributed by atoms with E-state index in [9.17, 15) is 19.7 Å². The van der Waals surface area contributed by atoms with Gasteiger partial charge in [-0.3, -0.25) is 14.9 Å². The zero-order valence-electron chi connectivity index (χ0n) is 14.6. The Morgan fingerprint density at radius 1 is 1.19 bits per heavy atom. The van der Waals surface area contributed by atoms with Crippen LogP contribution in [0.15, 0.2) is 47.4 Å². The number of hydrogen-bond donors (Lipinski definition) is 1. The fourth-order valence-electron chi connectivity index (χ4n) is 2.45. The van der Waals surface area contributed by atoms with Crippen LogP contribution in [0.5, 0.6) is 0 Å². The Morgan fingerprint density at radius 3 is 2.44 bits per heavy atom. The Hall–Kier alpha value is -2.87. The lowest BCUT2D eigenvalue weighted by atomic mass is 10.1. The average Bonchev–Trinajstić information content (AvgIpc) is 3.50. The van der Waals surface area contributed by atoms with Crippen molar-refractivity contribution in [3.8, 4) is 0 Å². The molecule has 0 bridgehead atoms. The predicted molar refractivity (Wildman–Crippen MR) is 103 cm³/mol. The second-order valence-electron chi connectivity index (χ2n) is 6.14. The zero-order chi connectivity index (χ0) is 19.4. The third-order valence-corrected chi connectivity index (χ3v) is 4.86. The van der Waals surface area contributed by atoms with Crippen LogP contribution in [0.4, 0.5) is 11.4 Å². The molecule has 0 aromatic heterocycles. The molecule has 1 N–H and O–H groups in total. The Bertz CT molecular complexity index is 878. The molecule has 2 aromatic carbocycles. The number of nitro benzene ring substituents is 1. The molecular weight excluding hydrogens is 368 g/mol. The molecule has 1 aliphatic rings. The molecule has 0 spiro atoms. The molecule has 0 radical (unpaired) electrons. The maximum Gasteiger partial charge on any atom is 0.338 e. The average molecular weight is 386 g/mol. The number of hydrogen-bond acceptors (Lipinski definition) is 7. The number of nitro groups is 1. The summed E-state index contributed by atoms with van der Waals surface area (Å²) in [6, 6.07) is 11.3. The number of rotatable bonds is 8. The van der Waals surface area contributed by atoms with Gasteiger partial charge >= 0.3 is 5.97 Å². The second kappa shape index (κ2) is 8.22. The van der Waals surface area contributed by atoms with E-state index in [1.165, 1.54) is 18.2 Å². The third-order valence-electron chi connectivity index (χ3n) is 4.11. The van der Waals surface area contributed by atoms with Gasteiger partial charge in [-0.15, -0.1) is 11.8 Å². The molecule has 2 aromatic rings. The Morgan fingerprint density at radius 2 is 1.85 bits per heavy atom. The van der Waals surface area contributed by atoms with Crippen LogP contribution in [0.1, 0.15) is 33.6 Å². The van der Waals surface area contributed by atoms with Crippen LogP contribution in [-0.2, 0) is 4.74 Å². The number of benzene rings is 2. The van der Waals surface area contributed by atoms with Crippen LogP contribution >= 0.6 is 11.8 Å². The van der Waals surface area contributed by atoms with Gasteiger partial charge in [0, 0.05) is 22.6 Å². The Balaban J connectivity index is 1.65. The summed E-state index contributed by atoms with van der Waals surface area (Å²) in [7, 11) is 0. The Labute approximate surface area is 160 Å². The largest absolute Gasteiger partial charge is 0.454 e. The van der Waals surface area contributed by atoms with Gasteiger partial charge in [-0.2, -0.15) is 0 Å². The standard InChI is InChI=1S/C19H18N2O5S/c1-27-15-7-2-12(3-8-15)18(22)11-26-19(23)13-4-9-16(20-14-5-6-14)17(10-13)21(24)25/h2-4,7-10,14,20H,5-6,11H2,1H3. The first-order chi connectivity index (χ1) is 13.0.